The third-order valence-corrected chi connectivity index (χ3v) is 4.55. The fraction of sp³-hybridized carbons (Fsp3) is 0.176. The highest BCUT2D eigenvalue weighted by atomic mass is 35.5. The molecule has 124 valence electrons. The van der Waals surface area contributed by atoms with E-state index < -0.39 is 6.10 Å². The number of halogens is 1. The zero-order valence-corrected chi connectivity index (χ0v) is 14.3. The molecule has 1 aromatic heterocycles. The summed E-state index contributed by atoms with van der Waals surface area (Å²) in [5, 5.41) is 19.5. The van der Waals surface area contributed by atoms with Crippen LogP contribution >= 0.6 is 23.4 Å². The summed E-state index contributed by atoms with van der Waals surface area (Å²) >= 11 is 7.26. The number of hydrogen-bond donors (Lipinski definition) is 1. The highest BCUT2D eigenvalue weighted by molar-refractivity contribution is 7.99. The van der Waals surface area contributed by atoms with Crippen molar-refractivity contribution >= 4 is 23.4 Å². The van der Waals surface area contributed by atoms with Gasteiger partial charge in [-0.3, -0.25) is 4.57 Å². The van der Waals surface area contributed by atoms with Gasteiger partial charge in [-0.25, -0.2) is 0 Å². The maximum atomic E-state index is 10.1. The summed E-state index contributed by atoms with van der Waals surface area (Å²) in [6.45, 7) is 0.202. The minimum atomic E-state index is -0.619. The molecule has 0 saturated heterocycles. The van der Waals surface area contributed by atoms with Crippen LogP contribution in [0.4, 0.5) is 0 Å². The molecule has 0 saturated carbocycles. The Balaban J connectivity index is 1.53. The standard InChI is InChI=1S/C17H16ClN3O2S/c18-13-6-8-16(9-7-13)23-10-15(22)11-24-17-20-19-12-21(17)14-4-2-1-3-5-14/h1-9,12,15,22H,10-11H2/t15-/m1/s1. The summed E-state index contributed by atoms with van der Waals surface area (Å²) in [7, 11) is 0. The van der Waals surface area contributed by atoms with Crippen LogP contribution in [-0.4, -0.2) is 38.3 Å². The Labute approximate surface area is 149 Å². The molecule has 0 aliphatic carbocycles. The Morgan fingerprint density at radius 1 is 1.12 bits per heavy atom. The van der Waals surface area contributed by atoms with Crippen molar-refractivity contribution in [1.29, 1.82) is 0 Å². The van der Waals surface area contributed by atoms with E-state index in [0.717, 1.165) is 10.8 Å². The second-order valence-corrected chi connectivity index (χ2v) is 6.47. The lowest BCUT2D eigenvalue weighted by molar-refractivity contribution is 0.126. The van der Waals surface area contributed by atoms with E-state index in [1.54, 1.807) is 30.6 Å². The molecule has 1 heterocycles. The Hall–Kier alpha value is -2.02. The van der Waals surface area contributed by atoms with Gasteiger partial charge in [-0.2, -0.15) is 0 Å². The molecule has 0 fully saturated rings. The first kappa shape index (κ1) is 16.8. The van der Waals surface area contributed by atoms with Crippen LogP contribution in [0.1, 0.15) is 0 Å². The van der Waals surface area contributed by atoms with Crippen molar-refractivity contribution in [2.45, 2.75) is 11.3 Å². The van der Waals surface area contributed by atoms with Crippen LogP contribution in [0, 0.1) is 0 Å². The maximum Gasteiger partial charge on any atom is 0.195 e. The van der Waals surface area contributed by atoms with E-state index in [9.17, 15) is 5.11 Å². The van der Waals surface area contributed by atoms with Gasteiger partial charge in [-0.05, 0) is 36.4 Å². The summed E-state index contributed by atoms with van der Waals surface area (Å²) < 4.78 is 7.43. The molecule has 0 unspecified atom stereocenters. The molecule has 5 nitrogen and oxygen atoms in total. The molecule has 0 aliphatic rings. The Bertz CT molecular complexity index is 765. The van der Waals surface area contributed by atoms with Gasteiger partial charge in [0.05, 0.1) is 6.10 Å². The zero-order chi connectivity index (χ0) is 16.8. The first-order valence-corrected chi connectivity index (χ1v) is 8.73. The minimum absolute atomic E-state index is 0.202. The van der Waals surface area contributed by atoms with Crippen molar-refractivity contribution in [2.75, 3.05) is 12.4 Å². The number of rotatable bonds is 7. The third kappa shape index (κ3) is 4.50. The van der Waals surface area contributed by atoms with Crippen LogP contribution in [0.3, 0.4) is 0 Å². The minimum Gasteiger partial charge on any atom is -0.491 e. The monoisotopic (exact) mass is 361 g/mol. The Morgan fingerprint density at radius 2 is 1.88 bits per heavy atom. The summed E-state index contributed by atoms with van der Waals surface area (Å²) in [4.78, 5) is 0. The van der Waals surface area contributed by atoms with Crippen molar-refractivity contribution in [3.05, 3.63) is 65.9 Å². The highest BCUT2D eigenvalue weighted by Gasteiger charge is 2.11. The molecular weight excluding hydrogens is 346 g/mol. The highest BCUT2D eigenvalue weighted by Crippen LogP contribution is 2.21. The molecule has 7 heteroatoms. The van der Waals surface area contributed by atoms with E-state index in [-0.39, 0.29) is 6.61 Å². The van der Waals surface area contributed by atoms with Gasteiger partial charge in [0, 0.05) is 16.5 Å². The van der Waals surface area contributed by atoms with Crippen LogP contribution in [0.5, 0.6) is 5.75 Å². The van der Waals surface area contributed by atoms with Crippen LogP contribution in [0.2, 0.25) is 5.02 Å². The lowest BCUT2D eigenvalue weighted by atomic mass is 10.3. The quantitative estimate of drug-likeness (QED) is 0.653. The van der Waals surface area contributed by atoms with Gasteiger partial charge in [-0.15, -0.1) is 10.2 Å². The first-order chi connectivity index (χ1) is 11.7. The van der Waals surface area contributed by atoms with E-state index in [2.05, 4.69) is 10.2 Å². The summed E-state index contributed by atoms with van der Waals surface area (Å²) in [6, 6.07) is 16.9. The van der Waals surface area contributed by atoms with Gasteiger partial charge in [0.2, 0.25) is 0 Å². The SMILES string of the molecule is O[C@H](COc1ccc(Cl)cc1)CSc1nncn1-c1ccccc1. The first-order valence-electron chi connectivity index (χ1n) is 7.37. The number of thioether (sulfide) groups is 1. The summed E-state index contributed by atoms with van der Waals surface area (Å²) in [5.41, 5.74) is 0.983. The predicted molar refractivity (Wildman–Crippen MR) is 95.0 cm³/mol. The number of aromatic nitrogens is 3. The Morgan fingerprint density at radius 3 is 2.62 bits per heavy atom. The molecule has 24 heavy (non-hydrogen) atoms. The number of hydrogen-bond acceptors (Lipinski definition) is 5. The topological polar surface area (TPSA) is 60.2 Å². The molecule has 2 aromatic carbocycles. The normalized spacial score (nSPS) is 12.1. The van der Waals surface area contributed by atoms with Gasteiger partial charge in [0.1, 0.15) is 18.7 Å². The lowest BCUT2D eigenvalue weighted by Crippen LogP contribution is -2.20. The second-order valence-electron chi connectivity index (χ2n) is 5.05. The lowest BCUT2D eigenvalue weighted by Gasteiger charge is -2.12. The van der Waals surface area contributed by atoms with Crippen LogP contribution in [0.25, 0.3) is 5.69 Å². The zero-order valence-electron chi connectivity index (χ0n) is 12.7. The average Bonchev–Trinajstić information content (AvgIpc) is 3.09. The van der Waals surface area contributed by atoms with Crippen molar-refractivity contribution in [3.8, 4) is 11.4 Å². The van der Waals surface area contributed by atoms with Crippen LogP contribution < -0.4 is 4.74 Å². The molecule has 3 rings (SSSR count). The van der Waals surface area contributed by atoms with Crippen molar-refractivity contribution < 1.29 is 9.84 Å². The fourth-order valence-electron chi connectivity index (χ4n) is 2.03. The third-order valence-electron chi connectivity index (χ3n) is 3.21. The number of aliphatic hydroxyl groups is 1. The molecular formula is C17H16ClN3O2S. The number of ether oxygens (including phenoxy) is 1. The smallest absolute Gasteiger partial charge is 0.195 e. The van der Waals surface area contributed by atoms with Crippen LogP contribution in [0.15, 0.2) is 66.1 Å². The number of para-hydroxylation sites is 1. The maximum absolute atomic E-state index is 10.1. The van der Waals surface area contributed by atoms with E-state index >= 15 is 0 Å². The number of aliphatic hydroxyl groups excluding tert-OH is 1. The van der Waals surface area contributed by atoms with Crippen molar-refractivity contribution in [1.82, 2.24) is 14.8 Å². The molecule has 1 N–H and O–H groups in total. The molecule has 0 radical (unpaired) electrons. The van der Waals surface area contributed by atoms with Gasteiger partial charge in [-0.1, -0.05) is 41.6 Å². The number of benzene rings is 2. The van der Waals surface area contributed by atoms with E-state index in [1.165, 1.54) is 11.8 Å². The van der Waals surface area contributed by atoms with Gasteiger partial charge in [0.25, 0.3) is 0 Å². The molecule has 1 atom stereocenters. The van der Waals surface area contributed by atoms with E-state index in [1.807, 2.05) is 34.9 Å². The van der Waals surface area contributed by atoms with E-state index in [4.69, 9.17) is 16.3 Å². The molecule has 3 aromatic rings. The number of nitrogens with zero attached hydrogens (tertiary/aromatic N) is 3. The summed E-state index contributed by atoms with van der Waals surface area (Å²) in [6.07, 6.45) is 1.04. The van der Waals surface area contributed by atoms with Crippen molar-refractivity contribution in [3.63, 3.8) is 0 Å². The molecule has 0 bridgehead atoms. The average molecular weight is 362 g/mol. The molecule has 0 aliphatic heterocycles. The second kappa shape index (κ2) is 8.19. The summed E-state index contributed by atoms with van der Waals surface area (Å²) in [5.74, 6) is 1.13. The van der Waals surface area contributed by atoms with Gasteiger partial charge < -0.3 is 9.84 Å². The van der Waals surface area contributed by atoms with E-state index in [0.29, 0.717) is 16.5 Å². The fourth-order valence-corrected chi connectivity index (χ4v) is 2.99. The molecule has 0 amide bonds. The predicted octanol–water partition coefficient (Wildman–Crippen LogP) is 3.45. The molecule has 0 spiro atoms. The Kier molecular flexibility index (Phi) is 5.74. The van der Waals surface area contributed by atoms with Crippen LogP contribution in [-0.2, 0) is 0 Å². The van der Waals surface area contributed by atoms with Gasteiger partial charge in [0.15, 0.2) is 5.16 Å². The van der Waals surface area contributed by atoms with Crippen molar-refractivity contribution in [2.24, 2.45) is 0 Å². The largest absolute Gasteiger partial charge is 0.491 e. The van der Waals surface area contributed by atoms with Gasteiger partial charge >= 0.3 is 0 Å².